The van der Waals surface area contributed by atoms with Crippen LogP contribution >= 0.6 is 14.3 Å². The van der Waals surface area contributed by atoms with E-state index in [0.717, 1.165) is 79.6 Å². The zero-order valence-corrected chi connectivity index (χ0v) is 45.9. The second-order valence-corrected chi connectivity index (χ2v) is 26.0. The number of para-hydroxylation sites is 9. The van der Waals surface area contributed by atoms with Crippen LogP contribution in [0.25, 0.3) is 0 Å². The molecule has 2 atom stereocenters. The highest BCUT2D eigenvalue weighted by Crippen LogP contribution is 2.66. The first-order chi connectivity index (χ1) is 40.5. The smallest absolute Gasteiger partial charge is 0.182 e. The Morgan fingerprint density at radius 2 is 0.585 bits per heavy atom. The van der Waals surface area contributed by atoms with Gasteiger partial charge in [-0.25, -0.2) is 0 Å². The van der Waals surface area contributed by atoms with E-state index in [1.165, 1.54) is 0 Å². The van der Waals surface area contributed by atoms with Crippen LogP contribution in [0.5, 0.6) is 11.5 Å². The van der Waals surface area contributed by atoms with Gasteiger partial charge in [0.25, 0.3) is 0 Å². The first kappa shape index (κ1) is 47.9. The van der Waals surface area contributed by atoms with Crippen molar-refractivity contribution in [2.24, 2.45) is 0 Å². The largest absolute Gasteiger partial charge is 0.456 e. The summed E-state index contributed by atoms with van der Waals surface area (Å²) in [5.41, 5.74) is 12.8. The highest BCUT2D eigenvalue weighted by Gasteiger charge is 2.53. The van der Waals surface area contributed by atoms with Crippen LogP contribution in [0.3, 0.4) is 0 Å². The number of anilines is 15. The van der Waals surface area contributed by atoms with Crippen LogP contribution in [0.2, 0.25) is 0 Å². The number of ether oxygens (including phenoxy) is 1. The van der Waals surface area contributed by atoms with Crippen LogP contribution in [0.4, 0.5) is 85.3 Å². The number of fused-ring (bicyclic) bond motifs is 8. The first-order valence-corrected chi connectivity index (χ1v) is 30.9. The van der Waals surface area contributed by atoms with E-state index in [9.17, 15) is 0 Å². The molecular formula is C72H49N5O3P2. The molecule has 390 valence electrons. The average molecular weight is 1090 g/mol. The van der Waals surface area contributed by atoms with Crippen LogP contribution in [-0.2, 0) is 9.13 Å². The lowest BCUT2D eigenvalue weighted by atomic mass is 10.1. The maximum atomic E-state index is 18.1. The van der Waals surface area contributed by atoms with Crippen molar-refractivity contribution in [2.45, 2.75) is 0 Å². The van der Waals surface area contributed by atoms with Gasteiger partial charge in [-0.05, 0) is 133 Å². The summed E-state index contributed by atoms with van der Waals surface area (Å²) in [6.45, 7) is 0. The second kappa shape index (κ2) is 18.8. The summed E-state index contributed by atoms with van der Waals surface area (Å²) in [6, 6.07) is 101. The third kappa shape index (κ3) is 7.12. The summed E-state index contributed by atoms with van der Waals surface area (Å²) >= 11 is 0. The molecule has 0 aliphatic carbocycles. The molecule has 0 aromatic heterocycles. The fourth-order valence-electron chi connectivity index (χ4n) is 12.8. The minimum Gasteiger partial charge on any atom is -0.456 e. The SMILES string of the molecule is O=P12c3cc4c(cc3Oc3cc(N(c5ccccc5)c5ccccc5)cc(c31)N(c1ccccc1)c1ccccc12)N(c1ccccc1)c1cc(N(c2ccccc2)c2ccccc2)cc2c1P4(=O)c1ccccc1N2c1ccccc1. The van der Waals surface area contributed by atoms with Crippen molar-refractivity contribution in [1.29, 1.82) is 0 Å². The molecule has 0 bridgehead atoms. The molecule has 4 aliphatic rings. The van der Waals surface area contributed by atoms with Crippen molar-refractivity contribution in [3.63, 3.8) is 0 Å². The number of benzene rings is 12. The number of hydrogen-bond donors (Lipinski definition) is 0. The van der Waals surface area contributed by atoms with Gasteiger partial charge < -0.3 is 38.4 Å². The molecule has 0 fully saturated rings. The van der Waals surface area contributed by atoms with Crippen molar-refractivity contribution in [2.75, 3.05) is 24.5 Å². The highest BCUT2D eigenvalue weighted by molar-refractivity contribution is 7.88. The molecule has 0 N–H and O–H groups in total. The maximum Gasteiger partial charge on any atom is 0.182 e. The Morgan fingerprint density at radius 3 is 1.00 bits per heavy atom. The van der Waals surface area contributed by atoms with Crippen LogP contribution < -0.4 is 61.1 Å². The van der Waals surface area contributed by atoms with Gasteiger partial charge in [-0.3, -0.25) is 0 Å². The fourth-order valence-corrected chi connectivity index (χ4v) is 19.4. The van der Waals surface area contributed by atoms with E-state index < -0.39 is 14.3 Å². The predicted octanol–water partition coefficient (Wildman–Crippen LogP) is 17.4. The van der Waals surface area contributed by atoms with Gasteiger partial charge in [-0.1, -0.05) is 152 Å². The van der Waals surface area contributed by atoms with E-state index in [0.29, 0.717) is 49.0 Å². The number of rotatable bonds is 9. The molecule has 12 aromatic rings. The van der Waals surface area contributed by atoms with Crippen LogP contribution in [0.1, 0.15) is 0 Å². The Balaban J connectivity index is 1.01. The molecule has 2 unspecified atom stereocenters. The van der Waals surface area contributed by atoms with Gasteiger partial charge in [0, 0.05) is 67.9 Å². The lowest BCUT2D eigenvalue weighted by molar-refractivity contribution is 0.485. The summed E-state index contributed by atoms with van der Waals surface area (Å²) in [7, 11) is -7.87. The summed E-state index contributed by atoms with van der Waals surface area (Å²) in [5, 5.41) is 3.74. The van der Waals surface area contributed by atoms with Gasteiger partial charge in [-0.15, -0.1) is 0 Å². The van der Waals surface area contributed by atoms with Gasteiger partial charge in [0.05, 0.1) is 61.4 Å². The number of hydrogen-bond acceptors (Lipinski definition) is 8. The minimum atomic E-state index is -3.95. The highest BCUT2D eigenvalue weighted by atomic mass is 31.2. The van der Waals surface area contributed by atoms with Gasteiger partial charge in [0.15, 0.2) is 14.3 Å². The van der Waals surface area contributed by atoms with E-state index >= 15 is 9.13 Å². The normalized spacial score (nSPS) is 16.5. The van der Waals surface area contributed by atoms with E-state index in [1.54, 1.807) is 0 Å². The van der Waals surface area contributed by atoms with Crippen molar-refractivity contribution in [3.05, 3.63) is 297 Å². The molecular weight excluding hydrogens is 1040 g/mol. The first-order valence-electron chi connectivity index (χ1n) is 27.5. The number of nitrogens with zero attached hydrogens (tertiary/aromatic N) is 5. The van der Waals surface area contributed by atoms with E-state index in [1.807, 2.05) is 146 Å². The Labute approximate surface area is 476 Å². The summed E-state index contributed by atoms with van der Waals surface area (Å²) < 4.78 is 43.4. The van der Waals surface area contributed by atoms with Crippen molar-refractivity contribution < 1.29 is 13.9 Å². The molecule has 0 radical (unpaired) electrons. The van der Waals surface area contributed by atoms with Crippen LogP contribution in [0, 0.1) is 0 Å². The molecule has 4 aliphatic heterocycles. The molecule has 0 saturated carbocycles. The van der Waals surface area contributed by atoms with Gasteiger partial charge in [-0.2, -0.15) is 0 Å². The zero-order valence-electron chi connectivity index (χ0n) is 44.1. The van der Waals surface area contributed by atoms with Crippen molar-refractivity contribution >= 4 is 131 Å². The molecule has 0 saturated heterocycles. The lowest BCUT2D eigenvalue weighted by Crippen LogP contribution is -2.45. The monoisotopic (exact) mass is 1090 g/mol. The Hall–Kier alpha value is -10.1. The summed E-state index contributed by atoms with van der Waals surface area (Å²) in [6.07, 6.45) is 0. The van der Waals surface area contributed by atoms with Crippen molar-refractivity contribution in [1.82, 2.24) is 0 Å². The predicted molar refractivity (Wildman–Crippen MR) is 339 cm³/mol. The zero-order chi connectivity index (χ0) is 54.5. The standard InChI is InChI=1S/C72H49N5O3P2/c78-81-67-42-24-22-40-59(67)75(54-34-16-5-17-35-54)62-44-57(73(50-26-8-1-9-27-50)51-28-10-2-11-29-51)45-63(71(62)81)77(56-38-20-7-21-39-56)61-48-65-70(49-69(61)81)82(79)68-43-25-23-41-60(68)76(55-36-18-6-19-37-55)64-46-58(47-66(80-65)72(64)82)74(52-30-12-3-13-31-52)53-32-14-4-15-33-53/h1-49H. The third-order valence-corrected chi connectivity index (χ3v) is 22.5. The fraction of sp³-hybridized carbons (Fsp3) is 0. The molecule has 16 rings (SSSR count). The second-order valence-electron chi connectivity index (χ2n) is 20.8. The van der Waals surface area contributed by atoms with Gasteiger partial charge in [0.2, 0.25) is 0 Å². The maximum absolute atomic E-state index is 18.1. The molecule has 0 spiro atoms. The Kier molecular flexibility index (Phi) is 10.9. The van der Waals surface area contributed by atoms with E-state index in [-0.39, 0.29) is 0 Å². The molecule has 8 nitrogen and oxygen atoms in total. The third-order valence-electron chi connectivity index (χ3n) is 16.2. The lowest BCUT2D eigenvalue weighted by Gasteiger charge is -2.46. The van der Waals surface area contributed by atoms with Gasteiger partial charge in [0.1, 0.15) is 11.5 Å². The summed E-state index contributed by atoms with van der Waals surface area (Å²) in [4.78, 5) is 11.2. The average Bonchev–Trinajstić information content (AvgIpc) is 1.17. The minimum absolute atomic E-state index is 0.436. The molecule has 4 heterocycles. The Morgan fingerprint density at radius 1 is 0.256 bits per heavy atom. The quantitative estimate of drug-likeness (QED) is 0.133. The molecule has 0 amide bonds. The van der Waals surface area contributed by atoms with Crippen LogP contribution in [-0.4, -0.2) is 0 Å². The van der Waals surface area contributed by atoms with Gasteiger partial charge >= 0.3 is 0 Å². The molecule has 12 aromatic carbocycles. The molecule has 10 heteroatoms. The molecule has 82 heavy (non-hydrogen) atoms. The Bertz CT molecular complexity index is 4500. The van der Waals surface area contributed by atoms with Crippen molar-refractivity contribution in [3.8, 4) is 11.5 Å². The van der Waals surface area contributed by atoms with Crippen LogP contribution in [0.15, 0.2) is 297 Å². The van der Waals surface area contributed by atoms with E-state index in [2.05, 4.69) is 176 Å². The van der Waals surface area contributed by atoms with E-state index in [4.69, 9.17) is 4.74 Å². The topological polar surface area (TPSA) is 59.6 Å². The summed E-state index contributed by atoms with van der Waals surface area (Å²) in [5.74, 6) is 0.919.